The molecule has 0 saturated carbocycles. The average molecular weight is 353 g/mol. The monoisotopic (exact) mass is 352 g/mol. The Balaban J connectivity index is 0.00000208. The number of carbonyl (C=O) groups is 1. The first-order valence-corrected chi connectivity index (χ1v) is 7.74. The number of aromatic nitrogens is 2. The van der Waals surface area contributed by atoms with Crippen molar-refractivity contribution < 1.29 is 14.1 Å². The van der Waals surface area contributed by atoms with Crippen LogP contribution in [0.4, 0.5) is 5.69 Å². The standard InChI is InChI=1S/C16H20N4O3.ClH/c1-11-18-15(23-20-11)10-22-14-4-2-13(3-5-14)19-16(21)12-6-8-17-9-7-12;/h2-5,12,17H,6-10H2,1H3,(H,19,21);1H. The molecule has 1 aliphatic heterocycles. The lowest BCUT2D eigenvalue weighted by atomic mass is 9.97. The number of hydrogen-bond donors (Lipinski definition) is 2. The van der Waals surface area contributed by atoms with Crippen LogP contribution in [0.25, 0.3) is 0 Å². The Bertz CT molecular complexity index is 654. The summed E-state index contributed by atoms with van der Waals surface area (Å²) in [5, 5.41) is 9.91. The van der Waals surface area contributed by atoms with Crippen molar-refractivity contribution in [1.82, 2.24) is 15.5 Å². The average Bonchev–Trinajstić information content (AvgIpc) is 3.00. The Hall–Kier alpha value is -2.12. The number of nitrogens with zero attached hydrogens (tertiary/aromatic N) is 2. The van der Waals surface area contributed by atoms with E-state index in [1.165, 1.54) is 0 Å². The summed E-state index contributed by atoms with van der Waals surface area (Å²) in [4.78, 5) is 16.2. The maximum atomic E-state index is 12.2. The first-order chi connectivity index (χ1) is 11.2. The Labute approximate surface area is 146 Å². The van der Waals surface area contributed by atoms with Crippen molar-refractivity contribution in [3.05, 3.63) is 36.0 Å². The van der Waals surface area contributed by atoms with Crippen LogP contribution >= 0.6 is 12.4 Å². The van der Waals surface area contributed by atoms with Crippen molar-refractivity contribution in [3.63, 3.8) is 0 Å². The number of nitrogens with one attached hydrogen (secondary N) is 2. The number of benzene rings is 1. The molecule has 0 unspecified atom stereocenters. The van der Waals surface area contributed by atoms with Gasteiger partial charge in [-0.2, -0.15) is 4.98 Å². The molecule has 0 radical (unpaired) electrons. The van der Waals surface area contributed by atoms with Gasteiger partial charge in [-0.25, -0.2) is 0 Å². The molecule has 1 fully saturated rings. The Kier molecular flexibility index (Phi) is 6.57. The van der Waals surface area contributed by atoms with Gasteiger partial charge in [-0.1, -0.05) is 5.16 Å². The largest absolute Gasteiger partial charge is 0.484 e. The van der Waals surface area contributed by atoms with E-state index >= 15 is 0 Å². The molecule has 0 atom stereocenters. The van der Waals surface area contributed by atoms with Gasteiger partial charge in [-0.3, -0.25) is 4.79 Å². The van der Waals surface area contributed by atoms with Gasteiger partial charge in [0, 0.05) is 11.6 Å². The molecule has 0 bridgehead atoms. The first kappa shape index (κ1) is 18.2. The summed E-state index contributed by atoms with van der Waals surface area (Å²) in [5.74, 6) is 1.88. The summed E-state index contributed by atoms with van der Waals surface area (Å²) >= 11 is 0. The SMILES string of the molecule is Cc1noc(COc2ccc(NC(=O)C3CCNCC3)cc2)n1.Cl. The number of carbonyl (C=O) groups excluding carboxylic acids is 1. The molecular formula is C16H21ClN4O3. The molecule has 1 aromatic heterocycles. The van der Waals surface area contributed by atoms with Crippen molar-refractivity contribution in [2.45, 2.75) is 26.4 Å². The molecule has 2 heterocycles. The summed E-state index contributed by atoms with van der Waals surface area (Å²) in [5.41, 5.74) is 0.773. The van der Waals surface area contributed by atoms with Crippen LogP contribution in [-0.4, -0.2) is 29.1 Å². The van der Waals surface area contributed by atoms with Gasteiger partial charge in [-0.15, -0.1) is 12.4 Å². The van der Waals surface area contributed by atoms with Crippen LogP contribution in [0.5, 0.6) is 5.75 Å². The van der Waals surface area contributed by atoms with Gasteiger partial charge < -0.3 is 19.9 Å². The summed E-state index contributed by atoms with van der Waals surface area (Å²) in [6.45, 7) is 3.79. The smallest absolute Gasteiger partial charge is 0.264 e. The maximum absolute atomic E-state index is 12.2. The molecule has 8 heteroatoms. The molecule has 7 nitrogen and oxygen atoms in total. The fraction of sp³-hybridized carbons (Fsp3) is 0.438. The van der Waals surface area contributed by atoms with Gasteiger partial charge in [0.25, 0.3) is 5.89 Å². The summed E-state index contributed by atoms with van der Waals surface area (Å²) in [7, 11) is 0. The highest BCUT2D eigenvalue weighted by atomic mass is 35.5. The third-order valence-corrected chi connectivity index (χ3v) is 3.76. The molecule has 130 valence electrons. The van der Waals surface area contributed by atoms with Crippen LogP contribution in [0.2, 0.25) is 0 Å². The van der Waals surface area contributed by atoms with Gasteiger partial charge in [0.2, 0.25) is 5.91 Å². The maximum Gasteiger partial charge on any atom is 0.264 e. The molecule has 0 aliphatic carbocycles. The number of halogens is 1. The van der Waals surface area contributed by atoms with Gasteiger partial charge in [0.15, 0.2) is 12.4 Å². The number of ether oxygens (including phenoxy) is 1. The van der Waals surface area contributed by atoms with Gasteiger partial charge in [-0.05, 0) is 57.1 Å². The number of rotatable bonds is 5. The van der Waals surface area contributed by atoms with Crippen LogP contribution in [0.3, 0.4) is 0 Å². The van der Waals surface area contributed by atoms with E-state index in [1.807, 2.05) is 12.1 Å². The van der Waals surface area contributed by atoms with Gasteiger partial charge >= 0.3 is 0 Å². The first-order valence-electron chi connectivity index (χ1n) is 7.74. The lowest BCUT2D eigenvalue weighted by Gasteiger charge is -2.21. The zero-order chi connectivity index (χ0) is 16.1. The lowest BCUT2D eigenvalue weighted by Crippen LogP contribution is -2.34. The molecule has 1 saturated heterocycles. The molecule has 0 spiro atoms. The van der Waals surface area contributed by atoms with Crippen LogP contribution < -0.4 is 15.4 Å². The normalized spacial score (nSPS) is 14.7. The highest BCUT2D eigenvalue weighted by Crippen LogP contribution is 2.19. The molecule has 3 rings (SSSR count). The second-order valence-electron chi connectivity index (χ2n) is 5.56. The minimum absolute atomic E-state index is 0. The Morgan fingerprint density at radius 2 is 2.04 bits per heavy atom. The van der Waals surface area contributed by atoms with Crippen molar-refractivity contribution in [1.29, 1.82) is 0 Å². The highest BCUT2D eigenvalue weighted by molar-refractivity contribution is 5.92. The fourth-order valence-electron chi connectivity index (χ4n) is 2.51. The van der Waals surface area contributed by atoms with Crippen LogP contribution in [0.1, 0.15) is 24.6 Å². The molecule has 2 aromatic rings. The molecule has 24 heavy (non-hydrogen) atoms. The number of piperidine rings is 1. The lowest BCUT2D eigenvalue weighted by molar-refractivity contribution is -0.120. The van der Waals surface area contributed by atoms with Crippen LogP contribution in [0.15, 0.2) is 28.8 Å². The van der Waals surface area contributed by atoms with E-state index in [9.17, 15) is 4.79 Å². The second-order valence-corrected chi connectivity index (χ2v) is 5.56. The molecule has 1 aliphatic rings. The summed E-state index contributed by atoms with van der Waals surface area (Å²) < 4.78 is 10.5. The zero-order valence-electron chi connectivity index (χ0n) is 13.4. The van der Waals surface area contributed by atoms with E-state index in [-0.39, 0.29) is 30.8 Å². The molecule has 1 amide bonds. The number of aryl methyl sites for hydroxylation is 1. The molecular weight excluding hydrogens is 332 g/mol. The van der Waals surface area contributed by atoms with Crippen molar-refractivity contribution in [2.24, 2.45) is 5.92 Å². The van der Waals surface area contributed by atoms with Crippen LogP contribution in [-0.2, 0) is 11.4 Å². The minimum atomic E-state index is 0. The highest BCUT2D eigenvalue weighted by Gasteiger charge is 2.20. The Morgan fingerprint density at radius 1 is 1.33 bits per heavy atom. The van der Waals surface area contributed by atoms with E-state index in [0.717, 1.165) is 31.6 Å². The van der Waals surface area contributed by atoms with Crippen molar-refractivity contribution in [2.75, 3.05) is 18.4 Å². The number of anilines is 1. The fourth-order valence-corrected chi connectivity index (χ4v) is 2.51. The minimum Gasteiger partial charge on any atom is -0.484 e. The summed E-state index contributed by atoms with van der Waals surface area (Å²) in [6.07, 6.45) is 1.77. The zero-order valence-corrected chi connectivity index (χ0v) is 14.3. The second kappa shape index (κ2) is 8.65. The quantitative estimate of drug-likeness (QED) is 0.858. The van der Waals surface area contributed by atoms with Crippen molar-refractivity contribution in [3.8, 4) is 5.75 Å². The summed E-state index contributed by atoms with van der Waals surface area (Å²) in [6, 6.07) is 7.27. The molecule has 2 N–H and O–H groups in total. The van der Waals surface area contributed by atoms with E-state index in [2.05, 4.69) is 20.8 Å². The van der Waals surface area contributed by atoms with Crippen molar-refractivity contribution >= 4 is 24.0 Å². The van der Waals surface area contributed by atoms with Gasteiger partial charge in [0.1, 0.15) is 5.75 Å². The van der Waals surface area contributed by atoms with E-state index in [1.54, 1.807) is 19.1 Å². The van der Waals surface area contributed by atoms with Gasteiger partial charge in [0.05, 0.1) is 0 Å². The third kappa shape index (κ3) is 4.94. The van der Waals surface area contributed by atoms with Crippen LogP contribution in [0, 0.1) is 12.8 Å². The topological polar surface area (TPSA) is 89.3 Å². The predicted octanol–water partition coefficient (Wildman–Crippen LogP) is 2.32. The van der Waals surface area contributed by atoms with E-state index in [0.29, 0.717) is 17.5 Å². The predicted molar refractivity (Wildman–Crippen MR) is 91.3 cm³/mol. The third-order valence-electron chi connectivity index (χ3n) is 3.76. The number of amides is 1. The molecule has 1 aromatic carbocycles. The number of hydrogen-bond acceptors (Lipinski definition) is 6. The Morgan fingerprint density at radius 3 is 2.67 bits per heavy atom. The van der Waals surface area contributed by atoms with E-state index in [4.69, 9.17) is 9.26 Å². The van der Waals surface area contributed by atoms with E-state index < -0.39 is 0 Å².